The predicted octanol–water partition coefficient (Wildman–Crippen LogP) is 7.03. The van der Waals surface area contributed by atoms with Crippen molar-refractivity contribution in [1.82, 2.24) is 0 Å². The van der Waals surface area contributed by atoms with Gasteiger partial charge >= 0.3 is 12.4 Å². The fourth-order valence-corrected chi connectivity index (χ4v) is 2.76. The smallest absolute Gasteiger partial charge is 0.423 e. The second-order valence-electron chi connectivity index (χ2n) is 6.60. The molecule has 0 saturated carbocycles. The number of nitrogen functional groups attached to an aromatic ring is 2. The van der Waals surface area contributed by atoms with E-state index in [4.69, 9.17) is 11.5 Å². The van der Waals surface area contributed by atoms with Gasteiger partial charge in [0.2, 0.25) is 5.82 Å². The molecule has 14 heteroatoms. The first-order valence-corrected chi connectivity index (χ1v) is 8.76. The summed E-state index contributed by atoms with van der Waals surface area (Å²) in [6.45, 7) is 0. The number of ether oxygens (including phenoxy) is 2. The van der Waals surface area contributed by atoms with E-state index in [1.807, 2.05) is 0 Å². The number of nitrogens with two attached hydrogens (primary N) is 2. The Hall–Kier alpha value is -3.84. The minimum Gasteiger partial charge on any atom is -0.456 e. The van der Waals surface area contributed by atoms with Crippen molar-refractivity contribution in [3.63, 3.8) is 0 Å². The van der Waals surface area contributed by atoms with Gasteiger partial charge in [0.1, 0.15) is 34.3 Å². The Morgan fingerprint density at radius 3 is 1.35 bits per heavy atom. The first kappa shape index (κ1) is 24.8. The lowest BCUT2D eigenvalue weighted by molar-refractivity contribution is -0.147. The van der Waals surface area contributed by atoms with Crippen LogP contribution in [0.5, 0.6) is 23.0 Å². The SMILES string of the molecule is Nc1cc(Oc2c(F)c(F)c(C(F)(F)F)c(Oc3ccc(F)c(N)c3)c2C(F)(F)F)ccc1F. The third-order valence-electron chi connectivity index (χ3n) is 4.23. The van der Waals surface area contributed by atoms with E-state index in [1.54, 1.807) is 0 Å². The van der Waals surface area contributed by atoms with Crippen molar-refractivity contribution in [1.29, 1.82) is 0 Å². The van der Waals surface area contributed by atoms with Gasteiger partial charge in [0.15, 0.2) is 17.3 Å². The molecular weight excluding hydrogens is 490 g/mol. The maximum absolute atomic E-state index is 14.6. The standard InChI is InChI=1S/C20H10F10N2O2/c21-9-3-1-7(5-11(9)31)33-17-13(19(25,26)27)15(23)16(24)18(14(17)20(28,29)30)34-8-2-4-10(22)12(32)6-8/h1-6H,31-32H2. The van der Waals surface area contributed by atoms with Gasteiger partial charge in [0.05, 0.1) is 11.4 Å². The van der Waals surface area contributed by atoms with Crippen molar-refractivity contribution in [2.24, 2.45) is 0 Å². The number of rotatable bonds is 4. The summed E-state index contributed by atoms with van der Waals surface area (Å²) in [6.07, 6.45) is -11.7. The van der Waals surface area contributed by atoms with Crippen LogP contribution >= 0.6 is 0 Å². The van der Waals surface area contributed by atoms with E-state index in [0.29, 0.717) is 36.4 Å². The summed E-state index contributed by atoms with van der Waals surface area (Å²) >= 11 is 0. The maximum atomic E-state index is 14.6. The van der Waals surface area contributed by atoms with E-state index in [-0.39, 0.29) is 0 Å². The lowest BCUT2D eigenvalue weighted by atomic mass is 10.0. The summed E-state index contributed by atoms with van der Waals surface area (Å²) < 4.78 is 147. The van der Waals surface area contributed by atoms with Crippen LogP contribution in [0.15, 0.2) is 36.4 Å². The molecule has 182 valence electrons. The number of hydrogen-bond acceptors (Lipinski definition) is 4. The number of alkyl halides is 6. The van der Waals surface area contributed by atoms with Gasteiger partial charge in [-0.1, -0.05) is 0 Å². The van der Waals surface area contributed by atoms with Gasteiger partial charge in [-0.3, -0.25) is 0 Å². The molecular formula is C20H10F10N2O2. The minimum absolute atomic E-state index is 0.526. The highest BCUT2D eigenvalue weighted by molar-refractivity contribution is 5.58. The highest BCUT2D eigenvalue weighted by Crippen LogP contribution is 2.53. The molecule has 0 bridgehead atoms. The third-order valence-corrected chi connectivity index (χ3v) is 4.23. The zero-order valence-electron chi connectivity index (χ0n) is 16.2. The Morgan fingerprint density at radius 1 is 0.559 bits per heavy atom. The Balaban J connectivity index is 2.35. The molecule has 3 rings (SSSR count). The molecule has 0 saturated heterocycles. The quantitative estimate of drug-likeness (QED) is 0.298. The fourth-order valence-electron chi connectivity index (χ4n) is 2.76. The molecule has 0 atom stereocenters. The van der Waals surface area contributed by atoms with Crippen molar-refractivity contribution in [2.45, 2.75) is 12.4 Å². The molecule has 0 aromatic heterocycles. The summed E-state index contributed by atoms with van der Waals surface area (Å²) in [7, 11) is 0. The topological polar surface area (TPSA) is 70.5 Å². The van der Waals surface area contributed by atoms with Crippen molar-refractivity contribution in [2.75, 3.05) is 11.5 Å². The number of halogens is 10. The van der Waals surface area contributed by atoms with Gasteiger partial charge in [-0.15, -0.1) is 0 Å². The average molecular weight is 500 g/mol. The van der Waals surface area contributed by atoms with E-state index >= 15 is 0 Å². The molecule has 34 heavy (non-hydrogen) atoms. The Morgan fingerprint density at radius 2 is 0.971 bits per heavy atom. The van der Waals surface area contributed by atoms with Crippen molar-refractivity contribution in [3.8, 4) is 23.0 Å². The van der Waals surface area contributed by atoms with Crippen LogP contribution in [0.1, 0.15) is 11.1 Å². The molecule has 0 heterocycles. The average Bonchev–Trinajstić information content (AvgIpc) is 2.69. The number of benzene rings is 3. The summed E-state index contributed by atoms with van der Waals surface area (Å²) in [5.41, 5.74) is 3.85. The fraction of sp³-hybridized carbons (Fsp3) is 0.100. The molecule has 0 spiro atoms. The van der Waals surface area contributed by atoms with Crippen molar-refractivity contribution in [3.05, 3.63) is 70.8 Å². The van der Waals surface area contributed by atoms with Gasteiger partial charge < -0.3 is 20.9 Å². The molecule has 0 aliphatic carbocycles. The molecule has 3 aromatic rings. The first-order valence-electron chi connectivity index (χ1n) is 8.76. The Kier molecular flexibility index (Phi) is 6.20. The lowest BCUT2D eigenvalue weighted by Crippen LogP contribution is -2.19. The molecule has 4 N–H and O–H groups in total. The highest BCUT2D eigenvalue weighted by Gasteiger charge is 2.49. The normalized spacial score (nSPS) is 12.1. The monoisotopic (exact) mass is 500 g/mol. The van der Waals surface area contributed by atoms with Crippen LogP contribution in [0.2, 0.25) is 0 Å². The zero-order chi connectivity index (χ0) is 25.6. The van der Waals surface area contributed by atoms with Crippen LogP contribution in [-0.2, 0) is 12.4 Å². The molecule has 3 aromatic carbocycles. The second kappa shape index (κ2) is 8.50. The van der Waals surface area contributed by atoms with Crippen LogP contribution in [0.25, 0.3) is 0 Å². The molecule has 0 unspecified atom stereocenters. The highest BCUT2D eigenvalue weighted by atomic mass is 19.4. The number of anilines is 2. The molecule has 0 amide bonds. The van der Waals surface area contributed by atoms with E-state index in [0.717, 1.165) is 0 Å². The van der Waals surface area contributed by atoms with E-state index < -0.39 is 81.1 Å². The van der Waals surface area contributed by atoms with Crippen LogP contribution in [0, 0.1) is 23.3 Å². The molecule has 0 radical (unpaired) electrons. The van der Waals surface area contributed by atoms with Crippen LogP contribution < -0.4 is 20.9 Å². The molecule has 0 aliphatic heterocycles. The summed E-state index contributed by atoms with van der Waals surface area (Å²) in [5.74, 6) is -13.5. The largest absolute Gasteiger partial charge is 0.456 e. The van der Waals surface area contributed by atoms with Gasteiger partial charge in [-0.25, -0.2) is 13.2 Å². The van der Waals surface area contributed by atoms with E-state index in [2.05, 4.69) is 9.47 Å². The zero-order valence-corrected chi connectivity index (χ0v) is 16.2. The lowest BCUT2D eigenvalue weighted by Gasteiger charge is -2.23. The van der Waals surface area contributed by atoms with Crippen LogP contribution in [-0.4, -0.2) is 0 Å². The van der Waals surface area contributed by atoms with Gasteiger partial charge in [-0.2, -0.15) is 30.7 Å². The molecule has 0 fully saturated rings. The van der Waals surface area contributed by atoms with Crippen LogP contribution in [0.4, 0.5) is 55.3 Å². The van der Waals surface area contributed by atoms with Gasteiger partial charge in [-0.05, 0) is 24.3 Å². The molecule has 0 aliphatic rings. The van der Waals surface area contributed by atoms with Crippen molar-refractivity contribution < 1.29 is 53.4 Å². The first-order chi connectivity index (χ1) is 15.6. The third kappa shape index (κ3) is 4.75. The molecule has 4 nitrogen and oxygen atoms in total. The second-order valence-corrected chi connectivity index (χ2v) is 6.60. The summed E-state index contributed by atoms with van der Waals surface area (Å²) in [6, 6.07) is 3.55. The minimum atomic E-state index is -5.88. The Labute approximate surface area is 183 Å². The van der Waals surface area contributed by atoms with E-state index in [9.17, 15) is 43.9 Å². The predicted molar refractivity (Wildman–Crippen MR) is 98.1 cm³/mol. The summed E-state index contributed by atoms with van der Waals surface area (Å²) in [5, 5.41) is 0. The van der Waals surface area contributed by atoms with E-state index in [1.165, 1.54) is 0 Å². The maximum Gasteiger partial charge on any atom is 0.423 e. The Bertz CT molecular complexity index is 1260. The van der Waals surface area contributed by atoms with Crippen LogP contribution in [0.3, 0.4) is 0 Å². The van der Waals surface area contributed by atoms with Gasteiger partial charge in [0.25, 0.3) is 0 Å². The summed E-state index contributed by atoms with van der Waals surface area (Å²) in [4.78, 5) is 0. The van der Waals surface area contributed by atoms with Gasteiger partial charge in [0, 0.05) is 12.1 Å². The van der Waals surface area contributed by atoms with Crippen molar-refractivity contribution >= 4 is 11.4 Å². The number of hydrogen-bond donors (Lipinski definition) is 2.